The van der Waals surface area contributed by atoms with Crippen molar-refractivity contribution in [3.8, 4) is 0 Å². The van der Waals surface area contributed by atoms with Crippen LogP contribution in [0.4, 0.5) is 42.9 Å². The largest absolute Gasteiger partial charge is 0.471 e. The third-order valence-corrected chi connectivity index (χ3v) is 34.1. The molecule has 6 amide bonds. The Morgan fingerprint density at radius 1 is 0.297 bits per heavy atom. The maximum atomic E-state index is 13.9. The molecule has 148 heavy (non-hydrogen) atoms. The first-order chi connectivity index (χ1) is 67.7. The van der Waals surface area contributed by atoms with Gasteiger partial charge in [0, 0.05) is 0 Å². The Balaban J connectivity index is 0.000000271. The highest BCUT2D eigenvalue weighted by molar-refractivity contribution is 9.14. The van der Waals surface area contributed by atoms with Gasteiger partial charge < -0.3 is 90.6 Å². The fraction of sp³-hybridized carbons (Fsp3) is 0.211. The molecule has 0 fully saturated rings. The molecule has 6 aromatic carbocycles. The van der Waals surface area contributed by atoms with Gasteiger partial charge in [0.2, 0.25) is 0 Å². The number of phosphoric acid groups is 6. The van der Waals surface area contributed by atoms with Crippen molar-refractivity contribution in [3.05, 3.63) is 263 Å². The summed E-state index contributed by atoms with van der Waals surface area (Å²) in [5, 5.41) is 40.6. The van der Waals surface area contributed by atoms with E-state index >= 15 is 0 Å². The Bertz CT molecular complexity index is 6630. The van der Waals surface area contributed by atoms with Crippen LogP contribution in [0.15, 0.2) is 164 Å². The second kappa shape index (κ2) is 56.7. The number of halogens is 18. The molecule has 3 unspecified atom stereocenters. The van der Waals surface area contributed by atoms with Crippen LogP contribution in [0, 0.1) is 53.2 Å². The van der Waals surface area contributed by atoms with Gasteiger partial charge in [-0.3, -0.25) is 55.9 Å². The van der Waals surface area contributed by atoms with Crippen LogP contribution >= 0.6 is 284 Å². The fourth-order valence-corrected chi connectivity index (χ4v) is 19.7. The SMILES string of the molecule is C.Cc1ccc(NC(=O)c2nn(C(C)OP(=O)(O)O)c(Br)c2Br)c(Cl)c1.Cc1ccc(NC(=O)c2nn(C(C)OP(=O)(O)O)c(Br)c2Br)c(Cl)c1.Cc1ccc(NC(=O)c2nn(C(C)OP(=O)(O)O)c(Br)c2Br)c(F)c1.Cc1ccc(NC(=O)c2nn(COP(=O)(O)O)c(Br)c2Br)c(Cl)c1.Cc1ccc(NC(=O)c2nn(COP(=O)(O)O)c(Br)c2Br)c(Cl)c1.Cc1ccc(NC(=O)c2nn(COP(=O)(O)O)c(Br)c2Br)c(F)c1. The Morgan fingerprint density at radius 3 is 0.642 bits per heavy atom. The molecule has 0 radical (unpaired) electrons. The molecule has 0 bridgehead atoms. The van der Waals surface area contributed by atoms with Crippen LogP contribution in [0.25, 0.3) is 0 Å². The van der Waals surface area contributed by atoms with E-state index < -0.39 is 133 Å². The summed E-state index contributed by atoms with van der Waals surface area (Å²) in [6.45, 7) is 13.3. The average molecular weight is 3050 g/mol. The first-order valence-electron chi connectivity index (χ1n) is 39.1. The lowest BCUT2D eigenvalue weighted by Gasteiger charge is -2.14. The van der Waals surface area contributed by atoms with E-state index in [-0.39, 0.29) is 89.5 Å². The Labute approximate surface area is 956 Å². The summed E-state index contributed by atoms with van der Waals surface area (Å²) < 4.78 is 129. The van der Waals surface area contributed by atoms with Gasteiger partial charge in [-0.05, 0) is 360 Å². The summed E-state index contributed by atoms with van der Waals surface area (Å²) in [6.07, 6.45) is -3.39. The lowest BCUT2D eigenvalue weighted by Crippen LogP contribution is -2.16. The van der Waals surface area contributed by atoms with E-state index in [0.717, 1.165) is 50.3 Å². The quantitative estimate of drug-likeness (QED) is 0.0186. The highest BCUT2D eigenvalue weighted by atomic mass is 79.9. The molecule has 0 spiro atoms. The summed E-state index contributed by atoms with van der Waals surface area (Å²) in [4.78, 5) is 180. The lowest BCUT2D eigenvalue weighted by molar-refractivity contribution is 0.0841. The molecule has 6 aromatic heterocycles. The highest BCUT2D eigenvalue weighted by Crippen LogP contribution is 2.48. The summed E-state index contributed by atoms with van der Waals surface area (Å²) in [5.41, 5.74) is 6.53. The summed E-state index contributed by atoms with van der Waals surface area (Å²) in [7, 11) is -28.2. The van der Waals surface area contributed by atoms with E-state index in [1.54, 1.807) is 98.8 Å². The second-order valence-corrected chi connectivity index (χ2v) is 47.2. The minimum absolute atomic E-state index is 0. The topological polar surface area (TPSA) is 682 Å². The first-order valence-corrected chi connectivity index (χ1v) is 59.3. The van der Waals surface area contributed by atoms with Crippen LogP contribution in [0.2, 0.25) is 20.1 Å². The lowest BCUT2D eigenvalue weighted by atomic mass is 10.2. The molecule has 0 aliphatic carbocycles. The van der Waals surface area contributed by atoms with Crippen LogP contribution in [-0.2, 0) is 74.7 Å². The van der Waals surface area contributed by atoms with E-state index in [9.17, 15) is 64.9 Å². The second-order valence-electron chi connectivity index (χ2n) is 29.0. The predicted octanol–water partition coefficient (Wildman–Crippen LogP) is 23.4. The van der Waals surface area contributed by atoms with Gasteiger partial charge >= 0.3 is 46.9 Å². The maximum absolute atomic E-state index is 13.9. The van der Waals surface area contributed by atoms with Crippen LogP contribution in [-0.4, -0.2) is 153 Å². The molecule has 3 atom stereocenters. The van der Waals surface area contributed by atoms with Crippen molar-refractivity contribution in [2.24, 2.45) is 0 Å². The zero-order valence-electron chi connectivity index (χ0n) is 74.8. The number of amides is 6. The van der Waals surface area contributed by atoms with Gasteiger partial charge in [-0.25, -0.2) is 64.3 Å². The number of rotatable bonds is 30. The summed E-state index contributed by atoms with van der Waals surface area (Å²) >= 11 is 62.4. The zero-order chi connectivity index (χ0) is 111. The number of nitrogens with one attached hydrogen (secondary N) is 6. The molecule has 806 valence electrons. The molecule has 72 heteroatoms. The van der Waals surface area contributed by atoms with Gasteiger partial charge in [-0.15, -0.1) is 0 Å². The van der Waals surface area contributed by atoms with Gasteiger partial charge in [0.15, 0.2) is 73.0 Å². The molecular formula is C76H76Br12Cl4F2N18O30P6. The van der Waals surface area contributed by atoms with Crippen molar-refractivity contribution in [1.82, 2.24) is 58.7 Å². The van der Waals surface area contributed by atoms with Crippen molar-refractivity contribution in [2.75, 3.05) is 31.9 Å². The van der Waals surface area contributed by atoms with Crippen LogP contribution in [0.5, 0.6) is 0 Å². The molecule has 0 saturated heterocycles. The predicted molar refractivity (Wildman–Crippen MR) is 580 cm³/mol. The average Bonchev–Trinajstić information content (AvgIpc) is 1.56. The first kappa shape index (κ1) is 131. The number of benzene rings is 6. The number of hydrogen-bond donors (Lipinski definition) is 18. The van der Waals surface area contributed by atoms with E-state index in [0.29, 0.717) is 71.9 Å². The molecule has 18 N–H and O–H groups in total. The Morgan fingerprint density at radius 2 is 0.466 bits per heavy atom. The summed E-state index contributed by atoms with van der Waals surface area (Å²) in [5.74, 6) is -4.82. The van der Waals surface area contributed by atoms with Crippen LogP contribution < -0.4 is 31.9 Å². The molecular weight excluding hydrogens is 2970 g/mol. The fourth-order valence-electron chi connectivity index (χ4n) is 10.8. The number of anilines is 6. The number of phosphoric ester groups is 6. The maximum Gasteiger partial charge on any atom is 0.471 e. The van der Waals surface area contributed by atoms with E-state index in [2.05, 4.69) is 281 Å². The van der Waals surface area contributed by atoms with Crippen molar-refractivity contribution >= 4 is 354 Å². The number of carbonyl (C=O) groups is 6. The molecule has 12 rings (SSSR count). The van der Waals surface area contributed by atoms with Crippen molar-refractivity contribution in [1.29, 1.82) is 0 Å². The monoisotopic (exact) mass is 3030 g/mol. The van der Waals surface area contributed by atoms with Crippen molar-refractivity contribution in [2.45, 2.75) is 109 Å². The number of nitrogens with zero attached hydrogens (tertiary/aromatic N) is 12. The number of aryl methyl sites for hydroxylation is 6. The van der Waals surface area contributed by atoms with Gasteiger partial charge in [0.25, 0.3) is 35.4 Å². The minimum atomic E-state index is -4.75. The number of aromatic nitrogens is 12. The van der Waals surface area contributed by atoms with E-state index in [1.165, 1.54) is 45.0 Å². The van der Waals surface area contributed by atoms with E-state index in [1.807, 2.05) is 27.7 Å². The number of hydrogen-bond acceptors (Lipinski definition) is 24. The highest BCUT2D eigenvalue weighted by Gasteiger charge is 2.34. The molecule has 12 aromatic rings. The van der Waals surface area contributed by atoms with Crippen molar-refractivity contribution < 1.29 is 151 Å². The normalized spacial score (nSPS) is 12.2. The van der Waals surface area contributed by atoms with Crippen LogP contribution in [0.1, 0.15) is 143 Å². The third kappa shape index (κ3) is 40.2. The third-order valence-electron chi connectivity index (χ3n) is 17.4. The van der Waals surface area contributed by atoms with Crippen LogP contribution in [0.3, 0.4) is 0 Å². The molecule has 0 aliphatic heterocycles. The smallest absolute Gasteiger partial charge is 0.319 e. The number of carbonyl (C=O) groups excluding carboxylic acids is 6. The van der Waals surface area contributed by atoms with Gasteiger partial charge in [0.05, 0.1) is 81.1 Å². The Hall–Kier alpha value is -5.16. The molecule has 48 nitrogen and oxygen atoms in total. The van der Waals surface area contributed by atoms with E-state index in [4.69, 9.17) is 105 Å². The Kier molecular flexibility index (Phi) is 50.3. The molecule has 0 aliphatic rings. The molecule has 0 saturated carbocycles. The van der Waals surface area contributed by atoms with Gasteiger partial charge in [-0.2, -0.15) is 30.6 Å². The minimum Gasteiger partial charge on any atom is -0.319 e. The standard InChI is InChI=1S/2C13H13Br2ClN3O5P.C13H13Br2FN3O5P.2C12H11Br2ClN3O5P.C12H11Br2FN3O5P.CH4/c3*1-6-3-4-9(8(16)5-6)17-13(20)11-10(14)12(15)19(18-11)7(2)24-25(21,22)23;3*1-6-2-3-8(7(15)4-6)16-12(19)10-9(13)11(14)18(17-10)5-23-24(20,21)22;/h3*3-5,7H,1-2H3,(H,17,20)(H2,21,22,23);3*2-4H,5H2,1H3,(H,16,19)(H2,20,21,22);1H4. The van der Waals surface area contributed by atoms with Crippen molar-refractivity contribution in [3.63, 3.8) is 0 Å². The van der Waals surface area contributed by atoms with Gasteiger partial charge in [-0.1, -0.05) is 90.2 Å². The zero-order valence-corrected chi connectivity index (χ0v) is 102. The van der Waals surface area contributed by atoms with Gasteiger partial charge in [0.1, 0.15) is 39.3 Å². The summed E-state index contributed by atoms with van der Waals surface area (Å²) in [6, 6.07) is 29.3. The molecule has 6 heterocycles.